The summed E-state index contributed by atoms with van der Waals surface area (Å²) in [5, 5.41) is 0. The molecule has 7 heteroatoms. The number of ketones is 1. The largest absolute Gasteiger partial charge is 0.486 e. The Morgan fingerprint density at radius 1 is 1.07 bits per heavy atom. The predicted molar refractivity (Wildman–Crippen MR) is 109 cm³/mol. The third-order valence-electron chi connectivity index (χ3n) is 5.83. The summed E-state index contributed by atoms with van der Waals surface area (Å²) < 4.78 is 25.1. The van der Waals surface area contributed by atoms with Gasteiger partial charge in [-0.15, -0.1) is 0 Å². The van der Waals surface area contributed by atoms with E-state index < -0.39 is 0 Å². The molecular formula is C23H23FN2O4. The van der Waals surface area contributed by atoms with Gasteiger partial charge in [-0.2, -0.15) is 0 Å². The number of amides is 1. The van der Waals surface area contributed by atoms with Crippen LogP contribution in [0.25, 0.3) is 0 Å². The quantitative estimate of drug-likeness (QED) is 0.725. The number of carbonyl (C=O) groups is 2. The first-order valence-corrected chi connectivity index (χ1v) is 10.3. The van der Waals surface area contributed by atoms with E-state index in [1.165, 1.54) is 12.1 Å². The van der Waals surface area contributed by atoms with Gasteiger partial charge in [0.1, 0.15) is 19.0 Å². The first-order chi connectivity index (χ1) is 14.6. The minimum absolute atomic E-state index is 0.0594. The highest BCUT2D eigenvalue weighted by Crippen LogP contribution is 2.34. The molecule has 0 radical (unpaired) electrons. The lowest BCUT2D eigenvalue weighted by molar-refractivity contribution is -0.132. The molecule has 1 fully saturated rings. The zero-order chi connectivity index (χ0) is 20.7. The van der Waals surface area contributed by atoms with Crippen LogP contribution in [0.1, 0.15) is 35.2 Å². The van der Waals surface area contributed by atoms with Crippen LogP contribution in [0, 0.1) is 5.82 Å². The number of ether oxygens (including phenoxy) is 2. The van der Waals surface area contributed by atoms with Gasteiger partial charge in [0.15, 0.2) is 17.3 Å². The topological polar surface area (TPSA) is 59.1 Å². The Bertz CT molecular complexity index is 1000. The molecule has 30 heavy (non-hydrogen) atoms. The Balaban J connectivity index is 1.41. The van der Waals surface area contributed by atoms with Crippen molar-refractivity contribution in [2.75, 3.05) is 31.2 Å². The van der Waals surface area contributed by atoms with E-state index in [0.717, 1.165) is 24.1 Å². The molecule has 0 bridgehead atoms. The number of rotatable bonds is 4. The Morgan fingerprint density at radius 2 is 1.87 bits per heavy atom. The van der Waals surface area contributed by atoms with Crippen molar-refractivity contribution in [1.29, 1.82) is 0 Å². The molecular weight excluding hydrogens is 387 g/mol. The molecule has 1 amide bonds. The third-order valence-corrected chi connectivity index (χ3v) is 5.83. The second kappa shape index (κ2) is 7.63. The summed E-state index contributed by atoms with van der Waals surface area (Å²) in [6, 6.07) is 10.0. The van der Waals surface area contributed by atoms with Gasteiger partial charge < -0.3 is 19.3 Å². The lowest BCUT2D eigenvalue weighted by atomic mass is 10.1. The molecule has 0 atom stereocenters. The Kier molecular flexibility index (Phi) is 4.81. The van der Waals surface area contributed by atoms with Crippen LogP contribution in [-0.2, 0) is 11.3 Å². The molecule has 0 aromatic heterocycles. The Morgan fingerprint density at radius 3 is 2.67 bits per heavy atom. The van der Waals surface area contributed by atoms with Gasteiger partial charge in [-0.05, 0) is 54.8 Å². The smallest absolute Gasteiger partial charge is 0.224 e. The van der Waals surface area contributed by atoms with E-state index in [1.54, 1.807) is 24.3 Å². The van der Waals surface area contributed by atoms with Crippen molar-refractivity contribution in [3.05, 3.63) is 53.3 Å². The van der Waals surface area contributed by atoms with Crippen molar-refractivity contribution in [2.45, 2.75) is 31.8 Å². The molecule has 2 aliphatic heterocycles. The monoisotopic (exact) mass is 410 g/mol. The molecule has 0 unspecified atom stereocenters. The lowest BCUT2D eigenvalue weighted by Gasteiger charge is -2.33. The molecule has 2 aromatic rings. The van der Waals surface area contributed by atoms with Gasteiger partial charge in [0.2, 0.25) is 5.91 Å². The second-order valence-corrected chi connectivity index (χ2v) is 7.98. The summed E-state index contributed by atoms with van der Waals surface area (Å²) in [6.45, 7) is 1.85. The van der Waals surface area contributed by atoms with Gasteiger partial charge in [-0.1, -0.05) is 0 Å². The van der Waals surface area contributed by atoms with E-state index in [2.05, 4.69) is 0 Å². The molecule has 0 saturated heterocycles. The van der Waals surface area contributed by atoms with Crippen molar-refractivity contribution < 1.29 is 23.5 Å². The van der Waals surface area contributed by atoms with E-state index in [4.69, 9.17) is 9.47 Å². The fraction of sp³-hybridized carbons (Fsp3) is 0.391. The summed E-state index contributed by atoms with van der Waals surface area (Å²) in [7, 11) is 0. The van der Waals surface area contributed by atoms with E-state index in [-0.39, 0.29) is 30.1 Å². The summed E-state index contributed by atoms with van der Waals surface area (Å²) in [5.74, 6) is 0.835. The van der Waals surface area contributed by atoms with Crippen molar-refractivity contribution in [1.82, 2.24) is 4.90 Å². The highest BCUT2D eigenvalue weighted by Gasteiger charge is 2.34. The molecule has 0 N–H and O–H groups in total. The number of hydrogen-bond donors (Lipinski definition) is 0. The number of hydrogen-bond acceptors (Lipinski definition) is 5. The molecule has 1 saturated carbocycles. The molecule has 5 rings (SSSR count). The normalized spacial score (nSPS) is 18.5. The Labute approximate surface area is 174 Å². The number of nitrogens with zero attached hydrogens (tertiary/aromatic N) is 2. The van der Waals surface area contributed by atoms with Crippen LogP contribution in [0.4, 0.5) is 10.1 Å². The zero-order valence-corrected chi connectivity index (χ0v) is 16.6. The molecule has 156 valence electrons. The number of benzene rings is 2. The standard InChI is InChI=1S/C23H23FN2O4/c24-17-2-5-19-16(11-17)13-26(18-3-4-18)23(28)7-8-25(19)14-20(27)15-1-6-21-22(12-15)30-10-9-29-21/h1-2,5-6,11-12,18H,3-4,7-10,13-14H2. The SMILES string of the molecule is O=C(CN1CCC(=O)N(C2CC2)Cc2cc(F)ccc21)c1ccc2c(c1)OCCO2. The van der Waals surface area contributed by atoms with Crippen molar-refractivity contribution >= 4 is 17.4 Å². The average molecular weight is 410 g/mol. The van der Waals surface area contributed by atoms with Crippen LogP contribution < -0.4 is 14.4 Å². The summed E-state index contributed by atoms with van der Waals surface area (Å²) >= 11 is 0. The van der Waals surface area contributed by atoms with E-state index in [0.29, 0.717) is 49.8 Å². The van der Waals surface area contributed by atoms with Crippen LogP contribution >= 0.6 is 0 Å². The highest BCUT2D eigenvalue weighted by molar-refractivity contribution is 6.00. The van der Waals surface area contributed by atoms with Gasteiger partial charge in [0.05, 0.1) is 6.54 Å². The number of anilines is 1. The van der Waals surface area contributed by atoms with E-state index in [1.807, 2.05) is 9.80 Å². The van der Waals surface area contributed by atoms with Crippen LogP contribution in [-0.4, -0.2) is 48.9 Å². The second-order valence-electron chi connectivity index (χ2n) is 7.98. The first kappa shape index (κ1) is 18.9. The average Bonchev–Trinajstić information content (AvgIpc) is 3.59. The van der Waals surface area contributed by atoms with Gasteiger partial charge in [-0.25, -0.2) is 4.39 Å². The van der Waals surface area contributed by atoms with E-state index in [9.17, 15) is 14.0 Å². The molecule has 1 aliphatic carbocycles. The predicted octanol–water partition coefficient (Wildman–Crippen LogP) is 3.18. The molecule has 2 heterocycles. The molecule has 3 aliphatic rings. The molecule has 0 spiro atoms. The maximum atomic E-state index is 14.0. The van der Waals surface area contributed by atoms with Crippen LogP contribution in [0.3, 0.4) is 0 Å². The van der Waals surface area contributed by atoms with Gasteiger partial charge in [0.25, 0.3) is 0 Å². The zero-order valence-electron chi connectivity index (χ0n) is 16.6. The Hall–Kier alpha value is -3.09. The van der Waals surface area contributed by atoms with Crippen LogP contribution in [0.5, 0.6) is 11.5 Å². The lowest BCUT2D eigenvalue weighted by Crippen LogP contribution is -2.40. The maximum absolute atomic E-state index is 14.0. The highest BCUT2D eigenvalue weighted by atomic mass is 19.1. The minimum atomic E-state index is -0.337. The van der Waals surface area contributed by atoms with Gasteiger partial charge in [0, 0.05) is 36.8 Å². The third kappa shape index (κ3) is 3.72. The number of carbonyl (C=O) groups excluding carboxylic acids is 2. The number of fused-ring (bicyclic) bond motifs is 2. The van der Waals surface area contributed by atoms with Crippen molar-refractivity contribution in [2.24, 2.45) is 0 Å². The minimum Gasteiger partial charge on any atom is -0.486 e. The maximum Gasteiger partial charge on any atom is 0.224 e. The van der Waals surface area contributed by atoms with Crippen LogP contribution in [0.15, 0.2) is 36.4 Å². The summed E-state index contributed by atoms with van der Waals surface area (Å²) in [5.41, 5.74) is 2.07. The fourth-order valence-electron chi connectivity index (χ4n) is 4.12. The van der Waals surface area contributed by atoms with Crippen LogP contribution in [0.2, 0.25) is 0 Å². The van der Waals surface area contributed by atoms with E-state index >= 15 is 0 Å². The number of Topliss-reactive ketones (excluding diaryl/α,β-unsaturated/α-hetero) is 1. The summed E-state index contributed by atoms with van der Waals surface area (Å²) in [6.07, 6.45) is 2.34. The van der Waals surface area contributed by atoms with Crippen molar-refractivity contribution in [3.63, 3.8) is 0 Å². The van der Waals surface area contributed by atoms with Gasteiger partial charge >= 0.3 is 0 Å². The summed E-state index contributed by atoms with van der Waals surface area (Å²) in [4.78, 5) is 29.5. The number of halogens is 1. The first-order valence-electron chi connectivity index (χ1n) is 10.3. The molecule has 2 aromatic carbocycles. The fourth-order valence-corrected chi connectivity index (χ4v) is 4.12. The molecule has 6 nitrogen and oxygen atoms in total. The van der Waals surface area contributed by atoms with Crippen molar-refractivity contribution in [3.8, 4) is 11.5 Å². The van der Waals surface area contributed by atoms with Gasteiger partial charge in [-0.3, -0.25) is 9.59 Å².